The van der Waals surface area contributed by atoms with Crippen LogP contribution in [0.3, 0.4) is 0 Å². The minimum atomic E-state index is -0.344. The topological polar surface area (TPSA) is 15.3 Å². The standard InChI is InChI=1S/C16H24ClFN2S/c1-3-6-19-15(16-11-21-8-7-20(16)2)10-12-4-5-14(18)13(17)9-12/h4-5,9,15-16,19H,3,6-8,10-11H2,1-2H3. The van der Waals surface area contributed by atoms with Gasteiger partial charge in [-0.3, -0.25) is 0 Å². The van der Waals surface area contributed by atoms with Crippen LogP contribution >= 0.6 is 23.4 Å². The van der Waals surface area contributed by atoms with Gasteiger partial charge in [0.1, 0.15) is 5.82 Å². The van der Waals surface area contributed by atoms with Crippen molar-refractivity contribution in [2.24, 2.45) is 0 Å². The Morgan fingerprint density at radius 3 is 3.00 bits per heavy atom. The molecule has 1 aliphatic rings. The Morgan fingerprint density at radius 1 is 1.52 bits per heavy atom. The lowest BCUT2D eigenvalue weighted by atomic mass is 9.99. The van der Waals surface area contributed by atoms with Crippen molar-refractivity contribution in [1.82, 2.24) is 10.2 Å². The molecule has 0 aliphatic carbocycles. The van der Waals surface area contributed by atoms with Crippen LogP contribution in [0.15, 0.2) is 18.2 Å². The molecule has 1 fully saturated rings. The van der Waals surface area contributed by atoms with Gasteiger partial charge < -0.3 is 10.2 Å². The molecule has 2 rings (SSSR count). The zero-order chi connectivity index (χ0) is 15.2. The maximum Gasteiger partial charge on any atom is 0.141 e. The number of rotatable bonds is 6. The number of likely N-dealkylation sites (N-methyl/N-ethyl adjacent to an activating group) is 1. The van der Waals surface area contributed by atoms with Crippen LogP contribution < -0.4 is 5.32 Å². The van der Waals surface area contributed by atoms with Crippen molar-refractivity contribution in [3.8, 4) is 0 Å². The lowest BCUT2D eigenvalue weighted by Gasteiger charge is -2.38. The first-order valence-corrected chi connectivity index (χ1v) is 9.10. The maximum atomic E-state index is 13.3. The predicted octanol–water partition coefficient (Wildman–Crippen LogP) is 3.44. The van der Waals surface area contributed by atoms with E-state index in [0.717, 1.165) is 37.2 Å². The molecule has 5 heteroatoms. The van der Waals surface area contributed by atoms with Gasteiger partial charge >= 0.3 is 0 Å². The van der Waals surface area contributed by atoms with Gasteiger partial charge in [0.05, 0.1) is 5.02 Å². The van der Waals surface area contributed by atoms with Gasteiger partial charge in [-0.2, -0.15) is 11.8 Å². The molecule has 2 atom stereocenters. The summed E-state index contributed by atoms with van der Waals surface area (Å²) in [5.41, 5.74) is 1.10. The van der Waals surface area contributed by atoms with Crippen LogP contribution in [0.4, 0.5) is 4.39 Å². The van der Waals surface area contributed by atoms with Crippen molar-refractivity contribution in [2.45, 2.75) is 31.8 Å². The maximum absolute atomic E-state index is 13.3. The van der Waals surface area contributed by atoms with Crippen molar-refractivity contribution < 1.29 is 4.39 Å². The van der Waals surface area contributed by atoms with E-state index in [9.17, 15) is 4.39 Å². The fourth-order valence-corrected chi connectivity index (χ4v) is 4.24. The highest BCUT2D eigenvalue weighted by Crippen LogP contribution is 2.22. The molecular formula is C16H24ClFN2S. The Labute approximate surface area is 136 Å². The van der Waals surface area contributed by atoms with Crippen LogP contribution in [0.1, 0.15) is 18.9 Å². The Kier molecular flexibility index (Phi) is 6.80. The molecule has 0 saturated carbocycles. The second-order valence-electron chi connectivity index (χ2n) is 5.64. The molecule has 1 N–H and O–H groups in total. The summed E-state index contributed by atoms with van der Waals surface area (Å²) in [5.74, 6) is 2.01. The average molecular weight is 331 g/mol. The second-order valence-corrected chi connectivity index (χ2v) is 7.19. The number of benzene rings is 1. The van der Waals surface area contributed by atoms with Gasteiger partial charge in [-0.05, 0) is 44.1 Å². The van der Waals surface area contributed by atoms with Crippen molar-refractivity contribution >= 4 is 23.4 Å². The van der Waals surface area contributed by atoms with Crippen LogP contribution in [0.5, 0.6) is 0 Å². The molecule has 21 heavy (non-hydrogen) atoms. The van der Waals surface area contributed by atoms with Gasteiger partial charge in [0.2, 0.25) is 0 Å². The van der Waals surface area contributed by atoms with E-state index in [1.165, 1.54) is 11.8 Å². The molecule has 0 bridgehead atoms. The number of nitrogens with one attached hydrogen (secondary N) is 1. The minimum Gasteiger partial charge on any atom is -0.312 e. The lowest BCUT2D eigenvalue weighted by molar-refractivity contribution is 0.213. The van der Waals surface area contributed by atoms with Gasteiger partial charge in [0, 0.05) is 30.1 Å². The zero-order valence-corrected chi connectivity index (χ0v) is 14.3. The fourth-order valence-electron chi connectivity index (χ4n) is 2.72. The molecule has 0 aromatic heterocycles. The number of hydrogen-bond acceptors (Lipinski definition) is 3. The summed E-state index contributed by atoms with van der Waals surface area (Å²) in [6.07, 6.45) is 2.00. The summed E-state index contributed by atoms with van der Waals surface area (Å²) in [5, 5.41) is 3.88. The largest absolute Gasteiger partial charge is 0.312 e. The third-order valence-electron chi connectivity index (χ3n) is 4.00. The second kappa shape index (κ2) is 8.37. The van der Waals surface area contributed by atoms with Crippen molar-refractivity contribution in [3.05, 3.63) is 34.6 Å². The van der Waals surface area contributed by atoms with Gasteiger partial charge in [0.15, 0.2) is 0 Å². The number of halogens is 2. The third kappa shape index (κ3) is 4.85. The van der Waals surface area contributed by atoms with E-state index < -0.39 is 0 Å². The Morgan fingerprint density at radius 2 is 2.33 bits per heavy atom. The SMILES string of the molecule is CCCNC(Cc1ccc(F)c(Cl)c1)C1CSCCN1C. The molecule has 1 aromatic rings. The summed E-state index contributed by atoms with van der Waals surface area (Å²) in [6, 6.07) is 5.96. The highest BCUT2D eigenvalue weighted by Gasteiger charge is 2.27. The molecule has 0 spiro atoms. The van der Waals surface area contributed by atoms with Crippen LogP contribution in [0.25, 0.3) is 0 Å². The summed E-state index contributed by atoms with van der Waals surface area (Å²) >= 11 is 7.92. The number of thioether (sulfide) groups is 1. The van der Waals surface area contributed by atoms with Crippen molar-refractivity contribution in [1.29, 1.82) is 0 Å². The highest BCUT2D eigenvalue weighted by atomic mass is 35.5. The molecule has 1 aliphatic heterocycles. The van der Waals surface area contributed by atoms with E-state index in [4.69, 9.17) is 11.6 Å². The normalized spacial score (nSPS) is 21.4. The Hall–Kier alpha value is -0.290. The molecule has 118 valence electrons. The van der Waals surface area contributed by atoms with Gasteiger partial charge in [-0.1, -0.05) is 24.6 Å². The lowest BCUT2D eigenvalue weighted by Crippen LogP contribution is -2.53. The first-order valence-electron chi connectivity index (χ1n) is 7.57. The van der Waals surface area contributed by atoms with E-state index in [0.29, 0.717) is 12.1 Å². The molecule has 1 aromatic carbocycles. The first kappa shape index (κ1) is 17.1. The first-order chi connectivity index (χ1) is 10.1. The van der Waals surface area contributed by atoms with Gasteiger partial charge in [0.25, 0.3) is 0 Å². The van der Waals surface area contributed by atoms with Crippen LogP contribution in [0, 0.1) is 5.82 Å². The Bertz CT molecular complexity index is 458. The zero-order valence-electron chi connectivity index (χ0n) is 12.7. The summed E-state index contributed by atoms with van der Waals surface area (Å²) in [7, 11) is 2.20. The molecule has 0 radical (unpaired) electrons. The van der Waals surface area contributed by atoms with Crippen molar-refractivity contribution in [2.75, 3.05) is 31.6 Å². The predicted molar refractivity (Wildman–Crippen MR) is 90.9 cm³/mol. The van der Waals surface area contributed by atoms with E-state index in [1.54, 1.807) is 6.07 Å². The summed E-state index contributed by atoms with van der Waals surface area (Å²) in [4.78, 5) is 2.44. The van der Waals surface area contributed by atoms with E-state index in [-0.39, 0.29) is 10.8 Å². The molecule has 1 saturated heterocycles. The van der Waals surface area contributed by atoms with Gasteiger partial charge in [-0.15, -0.1) is 0 Å². The molecule has 2 nitrogen and oxygen atoms in total. The van der Waals surface area contributed by atoms with Crippen LogP contribution in [-0.2, 0) is 6.42 Å². The third-order valence-corrected chi connectivity index (χ3v) is 5.34. The minimum absolute atomic E-state index is 0.216. The number of hydrogen-bond donors (Lipinski definition) is 1. The van der Waals surface area contributed by atoms with E-state index in [1.807, 2.05) is 17.8 Å². The van der Waals surface area contributed by atoms with Crippen LogP contribution in [-0.4, -0.2) is 48.6 Å². The quantitative estimate of drug-likeness (QED) is 0.860. The molecule has 1 heterocycles. The summed E-state index contributed by atoms with van der Waals surface area (Å²) in [6.45, 7) is 4.32. The smallest absolute Gasteiger partial charge is 0.141 e. The monoisotopic (exact) mass is 330 g/mol. The molecule has 0 amide bonds. The highest BCUT2D eigenvalue weighted by molar-refractivity contribution is 7.99. The fraction of sp³-hybridized carbons (Fsp3) is 0.625. The van der Waals surface area contributed by atoms with Crippen molar-refractivity contribution in [3.63, 3.8) is 0 Å². The van der Waals surface area contributed by atoms with Gasteiger partial charge in [-0.25, -0.2) is 4.39 Å². The van der Waals surface area contributed by atoms with E-state index in [2.05, 4.69) is 24.2 Å². The average Bonchev–Trinajstić information content (AvgIpc) is 2.48. The molecule has 2 unspecified atom stereocenters. The van der Waals surface area contributed by atoms with E-state index >= 15 is 0 Å². The summed E-state index contributed by atoms with van der Waals surface area (Å²) < 4.78 is 13.3. The Balaban J connectivity index is 2.09. The number of nitrogens with zero attached hydrogens (tertiary/aromatic N) is 1. The molecular weight excluding hydrogens is 307 g/mol. The van der Waals surface area contributed by atoms with Crippen LogP contribution in [0.2, 0.25) is 5.02 Å².